The van der Waals surface area contributed by atoms with Crippen molar-refractivity contribution in [1.29, 1.82) is 0 Å². The van der Waals surface area contributed by atoms with Gasteiger partial charge in [-0.05, 0) is 31.0 Å². The number of carbonyl (C=O) groups is 2. The van der Waals surface area contributed by atoms with Crippen molar-refractivity contribution in [3.05, 3.63) is 70.3 Å². The summed E-state index contributed by atoms with van der Waals surface area (Å²) in [7, 11) is -3.01. The molecule has 2 N–H and O–H groups in total. The van der Waals surface area contributed by atoms with Crippen LogP contribution in [0.15, 0.2) is 59.5 Å². The van der Waals surface area contributed by atoms with Crippen molar-refractivity contribution in [2.24, 2.45) is 0 Å². The minimum absolute atomic E-state index is 0.0206. The van der Waals surface area contributed by atoms with E-state index in [0.717, 1.165) is 24.3 Å². The number of nitrogens with zero attached hydrogens (tertiary/aromatic N) is 1. The third kappa shape index (κ3) is 6.09. The summed E-state index contributed by atoms with van der Waals surface area (Å²) in [4.78, 5) is 34.2. The highest BCUT2D eigenvalue weighted by Gasteiger charge is 2.28. The standard InChI is InChI=1S/C19H21N3O7S/c1-13(19(24)29-2)20-18(23)17(12-14-6-4-3-5-7-14)21-30(27,28)16-10-8-15(9-11-16)22(25)26/h3-11,13,17,21H,12H2,1-2H3,(H,20,23)/t13-,17+/m0/s1. The predicted octanol–water partition coefficient (Wildman–Crippen LogP) is 1.16. The Morgan fingerprint density at radius 2 is 1.70 bits per heavy atom. The Bertz CT molecular complexity index is 1010. The van der Waals surface area contributed by atoms with Gasteiger partial charge in [0.05, 0.1) is 16.9 Å². The van der Waals surface area contributed by atoms with Crippen molar-refractivity contribution in [3.8, 4) is 0 Å². The van der Waals surface area contributed by atoms with Gasteiger partial charge in [0.15, 0.2) is 0 Å². The molecule has 0 heterocycles. The van der Waals surface area contributed by atoms with Crippen LogP contribution in [0, 0.1) is 10.1 Å². The molecule has 0 unspecified atom stereocenters. The van der Waals surface area contributed by atoms with Crippen LogP contribution in [-0.4, -0.2) is 44.4 Å². The zero-order valence-corrected chi connectivity index (χ0v) is 17.1. The minimum atomic E-state index is -4.18. The summed E-state index contributed by atoms with van der Waals surface area (Å²) in [6.45, 7) is 1.41. The van der Waals surface area contributed by atoms with Crippen molar-refractivity contribution >= 4 is 27.6 Å². The number of nitrogens with one attached hydrogen (secondary N) is 2. The molecule has 0 spiro atoms. The van der Waals surface area contributed by atoms with Crippen LogP contribution >= 0.6 is 0 Å². The van der Waals surface area contributed by atoms with E-state index in [1.165, 1.54) is 14.0 Å². The lowest BCUT2D eigenvalue weighted by Crippen LogP contribution is -2.51. The molecule has 0 fully saturated rings. The molecule has 0 aliphatic carbocycles. The van der Waals surface area contributed by atoms with Crippen LogP contribution in [0.25, 0.3) is 0 Å². The molecule has 0 aromatic heterocycles. The molecule has 0 aliphatic rings. The Kier molecular flexibility index (Phi) is 7.61. The second-order valence-corrected chi connectivity index (χ2v) is 8.08. The lowest BCUT2D eigenvalue weighted by molar-refractivity contribution is -0.384. The van der Waals surface area contributed by atoms with E-state index in [1.54, 1.807) is 30.3 Å². The molecule has 2 rings (SSSR count). The van der Waals surface area contributed by atoms with Crippen molar-refractivity contribution in [2.75, 3.05) is 7.11 Å². The molecule has 2 aromatic rings. The summed E-state index contributed by atoms with van der Waals surface area (Å²) >= 11 is 0. The van der Waals surface area contributed by atoms with E-state index >= 15 is 0 Å². The Morgan fingerprint density at radius 1 is 1.10 bits per heavy atom. The molecule has 30 heavy (non-hydrogen) atoms. The number of rotatable bonds is 9. The fourth-order valence-electron chi connectivity index (χ4n) is 2.59. The Balaban J connectivity index is 2.27. The molecular formula is C19H21N3O7S. The fourth-order valence-corrected chi connectivity index (χ4v) is 3.79. The summed E-state index contributed by atoms with van der Waals surface area (Å²) in [5.74, 6) is -1.40. The Morgan fingerprint density at radius 3 is 2.23 bits per heavy atom. The van der Waals surface area contributed by atoms with Crippen LogP contribution in [0.3, 0.4) is 0 Å². The highest BCUT2D eigenvalue weighted by atomic mass is 32.2. The van der Waals surface area contributed by atoms with Gasteiger partial charge in [0, 0.05) is 12.1 Å². The average molecular weight is 435 g/mol. The molecular weight excluding hydrogens is 414 g/mol. The number of carbonyl (C=O) groups excluding carboxylic acids is 2. The molecule has 0 bridgehead atoms. The van der Waals surface area contributed by atoms with E-state index < -0.39 is 38.9 Å². The quantitative estimate of drug-likeness (QED) is 0.341. The normalized spacial score (nSPS) is 13.1. The number of amides is 1. The first-order valence-electron chi connectivity index (χ1n) is 8.83. The highest BCUT2D eigenvalue weighted by molar-refractivity contribution is 7.89. The molecule has 2 atom stereocenters. The van der Waals surface area contributed by atoms with Crippen molar-refractivity contribution in [3.63, 3.8) is 0 Å². The van der Waals surface area contributed by atoms with Crippen LogP contribution in [0.1, 0.15) is 12.5 Å². The monoisotopic (exact) mass is 435 g/mol. The first-order chi connectivity index (χ1) is 14.1. The Hall–Kier alpha value is -3.31. The van der Waals surface area contributed by atoms with Gasteiger partial charge in [-0.2, -0.15) is 4.72 Å². The number of sulfonamides is 1. The zero-order valence-electron chi connectivity index (χ0n) is 16.3. The minimum Gasteiger partial charge on any atom is -0.467 e. The number of methoxy groups -OCH3 is 1. The predicted molar refractivity (Wildman–Crippen MR) is 107 cm³/mol. The Labute approximate surface area is 173 Å². The van der Waals surface area contributed by atoms with Gasteiger partial charge in [-0.15, -0.1) is 0 Å². The van der Waals surface area contributed by atoms with Crippen LogP contribution in [-0.2, 0) is 30.8 Å². The number of non-ortho nitro benzene ring substituents is 1. The van der Waals surface area contributed by atoms with E-state index in [2.05, 4.69) is 14.8 Å². The van der Waals surface area contributed by atoms with E-state index in [-0.39, 0.29) is 17.0 Å². The maximum Gasteiger partial charge on any atom is 0.328 e. The van der Waals surface area contributed by atoms with Gasteiger partial charge >= 0.3 is 5.97 Å². The first-order valence-corrected chi connectivity index (χ1v) is 10.3. The van der Waals surface area contributed by atoms with Crippen LogP contribution in [0.2, 0.25) is 0 Å². The van der Waals surface area contributed by atoms with Crippen molar-refractivity contribution < 1.29 is 27.7 Å². The first kappa shape index (κ1) is 23.0. The number of nitro groups is 1. The molecule has 0 saturated heterocycles. The number of ether oxygens (including phenoxy) is 1. The number of hydrogen-bond acceptors (Lipinski definition) is 7. The summed E-state index contributed by atoms with van der Waals surface area (Å²) in [5.41, 5.74) is 0.425. The number of hydrogen-bond donors (Lipinski definition) is 2. The fraction of sp³-hybridized carbons (Fsp3) is 0.263. The van der Waals surface area contributed by atoms with E-state index in [1.807, 2.05) is 0 Å². The van der Waals surface area contributed by atoms with Gasteiger partial charge in [0.25, 0.3) is 5.69 Å². The molecule has 2 aromatic carbocycles. The third-order valence-electron chi connectivity index (χ3n) is 4.17. The third-order valence-corrected chi connectivity index (χ3v) is 5.66. The molecule has 0 saturated carbocycles. The molecule has 0 radical (unpaired) electrons. The summed E-state index contributed by atoms with van der Waals surface area (Å²) in [6.07, 6.45) is 0.0206. The molecule has 10 nitrogen and oxygen atoms in total. The van der Waals surface area contributed by atoms with Gasteiger partial charge in [-0.1, -0.05) is 30.3 Å². The van der Waals surface area contributed by atoms with E-state index in [0.29, 0.717) is 5.56 Å². The zero-order chi connectivity index (χ0) is 22.3. The molecule has 160 valence electrons. The number of benzene rings is 2. The smallest absolute Gasteiger partial charge is 0.328 e. The lowest BCUT2D eigenvalue weighted by Gasteiger charge is -2.20. The average Bonchev–Trinajstić information content (AvgIpc) is 2.73. The van der Waals surface area contributed by atoms with Crippen LogP contribution < -0.4 is 10.0 Å². The molecule has 1 amide bonds. The van der Waals surface area contributed by atoms with Crippen LogP contribution in [0.5, 0.6) is 0 Å². The van der Waals surface area contributed by atoms with E-state index in [4.69, 9.17) is 0 Å². The lowest BCUT2D eigenvalue weighted by atomic mass is 10.1. The largest absolute Gasteiger partial charge is 0.467 e. The van der Waals surface area contributed by atoms with Crippen LogP contribution in [0.4, 0.5) is 5.69 Å². The topological polar surface area (TPSA) is 145 Å². The van der Waals surface area contributed by atoms with Gasteiger partial charge in [-0.25, -0.2) is 13.2 Å². The summed E-state index contributed by atoms with van der Waals surface area (Å²) < 4.78 is 32.4. The second kappa shape index (κ2) is 9.94. The maximum absolute atomic E-state index is 12.7. The van der Waals surface area contributed by atoms with Gasteiger partial charge < -0.3 is 10.1 Å². The molecule has 11 heteroatoms. The van der Waals surface area contributed by atoms with Gasteiger partial charge in [-0.3, -0.25) is 14.9 Å². The number of nitro benzene ring substituents is 1. The number of esters is 1. The van der Waals surface area contributed by atoms with Crippen molar-refractivity contribution in [1.82, 2.24) is 10.0 Å². The second-order valence-electron chi connectivity index (χ2n) is 6.37. The highest BCUT2D eigenvalue weighted by Crippen LogP contribution is 2.16. The van der Waals surface area contributed by atoms with Gasteiger partial charge in [0.2, 0.25) is 15.9 Å². The van der Waals surface area contributed by atoms with E-state index in [9.17, 15) is 28.1 Å². The maximum atomic E-state index is 12.7. The summed E-state index contributed by atoms with van der Waals surface area (Å²) in [6, 6.07) is 10.8. The summed E-state index contributed by atoms with van der Waals surface area (Å²) in [5, 5.41) is 13.2. The SMILES string of the molecule is COC(=O)[C@H](C)NC(=O)[C@@H](Cc1ccccc1)NS(=O)(=O)c1ccc([N+](=O)[O-])cc1. The molecule has 0 aliphatic heterocycles. The van der Waals surface area contributed by atoms with Crippen molar-refractivity contribution in [2.45, 2.75) is 30.3 Å². The van der Waals surface area contributed by atoms with Gasteiger partial charge in [0.1, 0.15) is 12.1 Å².